The van der Waals surface area contributed by atoms with Gasteiger partial charge in [-0.25, -0.2) is 0 Å². The molecule has 0 aromatic carbocycles. The second-order valence-corrected chi connectivity index (χ2v) is 3.91. The van der Waals surface area contributed by atoms with Crippen LogP contribution in [0.2, 0.25) is 0 Å². The van der Waals surface area contributed by atoms with E-state index < -0.39 is 0 Å². The summed E-state index contributed by atoms with van der Waals surface area (Å²) in [6, 6.07) is 0. The molecule has 0 aromatic heterocycles. The van der Waals surface area contributed by atoms with Gasteiger partial charge in [-0.3, -0.25) is 4.99 Å². The maximum Gasteiger partial charge on any atom is 0.0402 e. The fraction of sp³-hybridized carbons (Fsp3) is 0.545. The van der Waals surface area contributed by atoms with Gasteiger partial charge in [0, 0.05) is 5.70 Å². The van der Waals surface area contributed by atoms with Crippen LogP contribution < -0.4 is 0 Å². The molecular weight excluding hydrogens is 146 g/mol. The van der Waals surface area contributed by atoms with Gasteiger partial charge in [0.2, 0.25) is 0 Å². The molecule has 0 aliphatic heterocycles. The van der Waals surface area contributed by atoms with Gasteiger partial charge in [0.05, 0.1) is 0 Å². The fourth-order valence-electron chi connectivity index (χ4n) is 1.17. The predicted molar refractivity (Wildman–Crippen MR) is 56.5 cm³/mol. The van der Waals surface area contributed by atoms with E-state index in [4.69, 9.17) is 0 Å². The SMILES string of the molecule is C=N/C(C)=C(\C=C/C)C(C)(C)C. The third kappa shape index (κ3) is 3.04. The van der Waals surface area contributed by atoms with Crippen molar-refractivity contribution in [3.63, 3.8) is 0 Å². The lowest BCUT2D eigenvalue weighted by atomic mass is 9.85. The average Bonchev–Trinajstić information content (AvgIpc) is 1.96. The van der Waals surface area contributed by atoms with Crippen molar-refractivity contribution in [3.05, 3.63) is 23.4 Å². The summed E-state index contributed by atoms with van der Waals surface area (Å²) in [4.78, 5) is 3.95. The Morgan fingerprint density at radius 2 is 1.83 bits per heavy atom. The van der Waals surface area contributed by atoms with Crippen LogP contribution in [0.5, 0.6) is 0 Å². The van der Waals surface area contributed by atoms with Gasteiger partial charge in [-0.2, -0.15) is 0 Å². The van der Waals surface area contributed by atoms with E-state index in [0.29, 0.717) is 0 Å². The van der Waals surface area contributed by atoms with E-state index in [2.05, 4.69) is 38.6 Å². The predicted octanol–water partition coefficient (Wildman–Crippen LogP) is 3.58. The minimum Gasteiger partial charge on any atom is -0.269 e. The molecule has 0 aliphatic rings. The third-order valence-electron chi connectivity index (χ3n) is 1.77. The largest absolute Gasteiger partial charge is 0.269 e. The van der Waals surface area contributed by atoms with Gasteiger partial charge in [-0.05, 0) is 31.6 Å². The van der Waals surface area contributed by atoms with Crippen LogP contribution in [0.4, 0.5) is 0 Å². The van der Waals surface area contributed by atoms with Crippen molar-refractivity contribution in [1.29, 1.82) is 0 Å². The van der Waals surface area contributed by atoms with Gasteiger partial charge in [0.25, 0.3) is 0 Å². The highest BCUT2D eigenvalue weighted by Crippen LogP contribution is 2.29. The van der Waals surface area contributed by atoms with E-state index in [9.17, 15) is 0 Å². The van der Waals surface area contributed by atoms with E-state index in [1.165, 1.54) is 5.57 Å². The Morgan fingerprint density at radius 3 is 2.08 bits per heavy atom. The van der Waals surface area contributed by atoms with Crippen LogP contribution >= 0.6 is 0 Å². The van der Waals surface area contributed by atoms with Crippen molar-refractivity contribution >= 4 is 6.72 Å². The molecule has 0 heterocycles. The topological polar surface area (TPSA) is 12.4 Å². The van der Waals surface area contributed by atoms with Crippen LogP contribution in [0.1, 0.15) is 34.6 Å². The Hall–Kier alpha value is -0.850. The first-order chi connectivity index (χ1) is 5.43. The average molecular weight is 165 g/mol. The molecule has 0 aromatic rings. The molecule has 0 atom stereocenters. The lowest BCUT2D eigenvalue weighted by molar-refractivity contribution is 0.511. The first-order valence-electron chi connectivity index (χ1n) is 4.24. The number of allylic oxidation sites excluding steroid dienone is 4. The summed E-state index contributed by atoms with van der Waals surface area (Å²) in [5.74, 6) is 0. The Balaban J connectivity index is 5.05. The molecule has 0 unspecified atom stereocenters. The van der Waals surface area contributed by atoms with Gasteiger partial charge in [0.1, 0.15) is 0 Å². The highest BCUT2D eigenvalue weighted by atomic mass is 14.7. The molecule has 0 aliphatic carbocycles. The third-order valence-corrected chi connectivity index (χ3v) is 1.77. The van der Waals surface area contributed by atoms with Crippen LogP contribution in [0.25, 0.3) is 0 Å². The molecule has 1 heteroatoms. The zero-order valence-electron chi connectivity index (χ0n) is 8.81. The molecule has 0 bridgehead atoms. The van der Waals surface area contributed by atoms with Gasteiger partial charge >= 0.3 is 0 Å². The second kappa shape index (κ2) is 4.24. The quantitative estimate of drug-likeness (QED) is 0.438. The lowest BCUT2D eigenvalue weighted by Gasteiger charge is -2.21. The summed E-state index contributed by atoms with van der Waals surface area (Å²) in [5, 5.41) is 0. The van der Waals surface area contributed by atoms with Gasteiger partial charge < -0.3 is 0 Å². The highest BCUT2D eigenvalue weighted by molar-refractivity contribution is 5.35. The smallest absolute Gasteiger partial charge is 0.0402 e. The van der Waals surface area contributed by atoms with Crippen LogP contribution in [-0.4, -0.2) is 6.72 Å². The van der Waals surface area contributed by atoms with Crippen LogP contribution in [0.15, 0.2) is 28.4 Å². The van der Waals surface area contributed by atoms with Crippen LogP contribution in [-0.2, 0) is 0 Å². The van der Waals surface area contributed by atoms with Gasteiger partial charge in [0.15, 0.2) is 0 Å². The van der Waals surface area contributed by atoms with Crippen molar-refractivity contribution in [2.24, 2.45) is 10.4 Å². The van der Waals surface area contributed by atoms with E-state index in [0.717, 1.165) is 5.70 Å². The molecule has 0 fully saturated rings. The Labute approximate surface area is 75.9 Å². The summed E-state index contributed by atoms with van der Waals surface area (Å²) in [7, 11) is 0. The van der Waals surface area contributed by atoms with Crippen molar-refractivity contribution < 1.29 is 0 Å². The number of hydrogen-bond acceptors (Lipinski definition) is 1. The van der Waals surface area contributed by atoms with Gasteiger partial charge in [-0.15, -0.1) is 0 Å². The summed E-state index contributed by atoms with van der Waals surface area (Å²) < 4.78 is 0. The molecule has 0 amide bonds. The van der Waals surface area contributed by atoms with Gasteiger partial charge in [-0.1, -0.05) is 32.9 Å². The van der Waals surface area contributed by atoms with Crippen LogP contribution in [0, 0.1) is 5.41 Å². The van der Waals surface area contributed by atoms with E-state index in [-0.39, 0.29) is 5.41 Å². The lowest BCUT2D eigenvalue weighted by Crippen LogP contribution is -2.09. The molecule has 12 heavy (non-hydrogen) atoms. The molecule has 0 saturated carbocycles. The molecule has 0 radical (unpaired) electrons. The zero-order chi connectivity index (χ0) is 9.78. The molecule has 0 rings (SSSR count). The normalized spacial score (nSPS) is 14.8. The number of aliphatic imine (C=N–C) groups is 1. The fourth-order valence-corrected chi connectivity index (χ4v) is 1.17. The summed E-state index contributed by atoms with van der Waals surface area (Å²) in [5.41, 5.74) is 2.42. The Kier molecular flexibility index (Phi) is 3.94. The van der Waals surface area contributed by atoms with Crippen molar-refractivity contribution in [2.75, 3.05) is 0 Å². The number of nitrogens with zero attached hydrogens (tertiary/aromatic N) is 1. The standard InChI is InChI=1S/C11H19N/c1-7-8-10(9(2)12-6)11(3,4)5/h7-8H,6H2,1-5H3/b8-7-,10-9+. The van der Waals surface area contributed by atoms with Crippen molar-refractivity contribution in [2.45, 2.75) is 34.6 Å². The van der Waals surface area contributed by atoms with Crippen LogP contribution in [0.3, 0.4) is 0 Å². The first kappa shape index (κ1) is 11.2. The second-order valence-electron chi connectivity index (χ2n) is 3.91. The molecule has 68 valence electrons. The molecular formula is C11H19N. The summed E-state index contributed by atoms with van der Waals surface area (Å²) in [6.07, 6.45) is 4.14. The highest BCUT2D eigenvalue weighted by Gasteiger charge is 2.16. The zero-order valence-corrected chi connectivity index (χ0v) is 8.81. The van der Waals surface area contributed by atoms with Crippen molar-refractivity contribution in [3.8, 4) is 0 Å². The minimum absolute atomic E-state index is 0.151. The summed E-state index contributed by atoms with van der Waals surface area (Å²) >= 11 is 0. The Bertz CT molecular complexity index is 214. The van der Waals surface area contributed by atoms with E-state index in [1.54, 1.807) is 0 Å². The van der Waals surface area contributed by atoms with E-state index in [1.807, 2.05) is 19.9 Å². The number of rotatable bonds is 2. The Morgan fingerprint density at radius 1 is 1.33 bits per heavy atom. The van der Waals surface area contributed by atoms with Crippen molar-refractivity contribution in [1.82, 2.24) is 0 Å². The maximum absolute atomic E-state index is 3.95. The minimum atomic E-state index is 0.151. The maximum atomic E-state index is 3.95. The molecule has 0 spiro atoms. The molecule has 1 nitrogen and oxygen atoms in total. The molecule has 0 saturated heterocycles. The van der Waals surface area contributed by atoms with E-state index >= 15 is 0 Å². The summed E-state index contributed by atoms with van der Waals surface area (Å²) in [6.45, 7) is 14.1. The number of hydrogen-bond donors (Lipinski definition) is 0. The molecule has 0 N–H and O–H groups in total. The monoisotopic (exact) mass is 165 g/mol. The first-order valence-corrected chi connectivity index (χ1v) is 4.24.